The summed E-state index contributed by atoms with van der Waals surface area (Å²) >= 11 is 5.74. The molecule has 0 aliphatic carbocycles. The maximum absolute atomic E-state index is 14.1. The molecule has 4 aromatic rings. The van der Waals surface area contributed by atoms with Crippen LogP contribution >= 0.6 is 12.2 Å². The van der Waals surface area contributed by atoms with Crippen molar-refractivity contribution >= 4 is 28.9 Å². The maximum atomic E-state index is 14.1. The SMILES string of the molecule is Cc1ccccc1NC(=O)CCN1C(=S)NC(c2ccccn2)C1c1cccn1-c1cccc(F)c1. The Labute approximate surface area is 214 Å². The average Bonchev–Trinajstić information content (AvgIpc) is 3.49. The van der Waals surface area contributed by atoms with E-state index >= 15 is 0 Å². The van der Waals surface area contributed by atoms with Gasteiger partial charge in [-0.3, -0.25) is 9.78 Å². The van der Waals surface area contributed by atoms with Crippen molar-refractivity contribution in [1.29, 1.82) is 0 Å². The topological polar surface area (TPSA) is 62.2 Å². The minimum atomic E-state index is -0.307. The van der Waals surface area contributed by atoms with Crippen LogP contribution in [0.1, 0.15) is 35.5 Å². The minimum Gasteiger partial charge on any atom is -0.352 e. The van der Waals surface area contributed by atoms with E-state index in [2.05, 4.69) is 15.6 Å². The Bertz CT molecular complexity index is 1390. The molecule has 1 amide bonds. The Morgan fingerprint density at radius 1 is 1.08 bits per heavy atom. The molecule has 2 N–H and O–H groups in total. The van der Waals surface area contributed by atoms with Crippen LogP contribution in [-0.2, 0) is 4.79 Å². The van der Waals surface area contributed by atoms with E-state index in [-0.39, 0.29) is 30.2 Å². The molecule has 1 aliphatic heterocycles. The molecule has 1 saturated heterocycles. The zero-order chi connectivity index (χ0) is 25.1. The summed E-state index contributed by atoms with van der Waals surface area (Å²) in [5.74, 6) is -0.397. The van der Waals surface area contributed by atoms with Crippen LogP contribution in [0.15, 0.2) is 91.3 Å². The molecule has 36 heavy (non-hydrogen) atoms. The minimum absolute atomic E-state index is 0.0901. The number of nitrogens with zero attached hydrogens (tertiary/aromatic N) is 3. The first-order valence-electron chi connectivity index (χ1n) is 11.8. The van der Waals surface area contributed by atoms with Crippen LogP contribution in [0, 0.1) is 12.7 Å². The predicted octanol–water partition coefficient (Wildman–Crippen LogP) is 5.32. The van der Waals surface area contributed by atoms with Crippen molar-refractivity contribution in [2.24, 2.45) is 0 Å². The zero-order valence-corrected chi connectivity index (χ0v) is 20.6. The number of aromatic nitrogens is 2. The molecule has 2 unspecified atom stereocenters. The van der Waals surface area contributed by atoms with Gasteiger partial charge in [-0.2, -0.15) is 0 Å². The number of anilines is 1. The number of nitrogens with one attached hydrogen (secondary N) is 2. The Hall–Kier alpha value is -4.04. The number of hydrogen-bond acceptors (Lipinski definition) is 3. The third-order valence-electron chi connectivity index (χ3n) is 6.37. The third-order valence-corrected chi connectivity index (χ3v) is 6.72. The van der Waals surface area contributed by atoms with E-state index in [0.29, 0.717) is 17.3 Å². The van der Waals surface area contributed by atoms with Crippen molar-refractivity contribution in [3.8, 4) is 5.69 Å². The molecule has 8 heteroatoms. The first-order valence-corrected chi connectivity index (χ1v) is 12.2. The lowest BCUT2D eigenvalue weighted by atomic mass is 10.0. The highest BCUT2D eigenvalue weighted by molar-refractivity contribution is 7.80. The fourth-order valence-corrected chi connectivity index (χ4v) is 4.94. The molecule has 0 spiro atoms. The van der Waals surface area contributed by atoms with Gasteiger partial charge in [0.15, 0.2) is 5.11 Å². The second-order valence-corrected chi connectivity index (χ2v) is 9.10. The first kappa shape index (κ1) is 23.7. The summed E-state index contributed by atoms with van der Waals surface area (Å²) in [5, 5.41) is 6.95. The summed E-state index contributed by atoms with van der Waals surface area (Å²) in [5.41, 5.74) is 4.27. The number of pyridine rings is 1. The lowest BCUT2D eigenvalue weighted by molar-refractivity contribution is -0.116. The van der Waals surface area contributed by atoms with Crippen molar-refractivity contribution in [1.82, 2.24) is 19.8 Å². The number of carbonyl (C=O) groups is 1. The van der Waals surface area contributed by atoms with E-state index in [1.807, 2.05) is 83.3 Å². The van der Waals surface area contributed by atoms with Gasteiger partial charge in [-0.15, -0.1) is 0 Å². The summed E-state index contributed by atoms with van der Waals surface area (Å²) < 4.78 is 16.0. The number of benzene rings is 2. The molecule has 5 rings (SSSR count). The molecule has 6 nitrogen and oxygen atoms in total. The van der Waals surface area contributed by atoms with Gasteiger partial charge in [0.2, 0.25) is 5.91 Å². The van der Waals surface area contributed by atoms with E-state index in [1.165, 1.54) is 12.1 Å². The van der Waals surface area contributed by atoms with E-state index in [4.69, 9.17) is 12.2 Å². The highest BCUT2D eigenvalue weighted by atomic mass is 32.1. The van der Waals surface area contributed by atoms with Gasteiger partial charge in [0.05, 0.1) is 17.8 Å². The molecule has 0 saturated carbocycles. The van der Waals surface area contributed by atoms with Gasteiger partial charge in [0.25, 0.3) is 0 Å². The summed E-state index contributed by atoms with van der Waals surface area (Å²) in [6.07, 6.45) is 3.91. The van der Waals surface area contributed by atoms with Crippen molar-refractivity contribution < 1.29 is 9.18 Å². The van der Waals surface area contributed by atoms with Gasteiger partial charge < -0.3 is 20.1 Å². The number of amides is 1. The molecule has 182 valence electrons. The van der Waals surface area contributed by atoms with E-state index in [0.717, 1.165) is 22.6 Å². The number of para-hydroxylation sites is 1. The van der Waals surface area contributed by atoms with Gasteiger partial charge in [-0.1, -0.05) is 30.3 Å². The van der Waals surface area contributed by atoms with Gasteiger partial charge in [0, 0.05) is 42.4 Å². The fraction of sp³-hybridized carbons (Fsp3) is 0.179. The smallest absolute Gasteiger partial charge is 0.226 e. The summed E-state index contributed by atoms with van der Waals surface area (Å²) in [4.78, 5) is 19.4. The van der Waals surface area contributed by atoms with Crippen LogP contribution < -0.4 is 10.6 Å². The zero-order valence-electron chi connectivity index (χ0n) is 19.8. The van der Waals surface area contributed by atoms with Crippen LogP contribution in [0.2, 0.25) is 0 Å². The standard InChI is InChI=1S/C28H26FN5OS/c1-19-8-2-3-11-22(19)31-25(35)14-17-34-27(26(32-28(34)36)23-12-4-5-15-30-23)24-13-7-16-33(24)21-10-6-9-20(29)18-21/h2-13,15-16,18,26-27H,14,17H2,1H3,(H,31,35)(H,32,36). The average molecular weight is 500 g/mol. The van der Waals surface area contributed by atoms with Gasteiger partial charge in [0.1, 0.15) is 5.82 Å². The Morgan fingerprint density at radius 2 is 1.92 bits per heavy atom. The van der Waals surface area contributed by atoms with Crippen LogP contribution in [-0.4, -0.2) is 32.0 Å². The second-order valence-electron chi connectivity index (χ2n) is 8.72. The number of hydrogen-bond donors (Lipinski definition) is 2. The molecule has 1 aliphatic rings. The van der Waals surface area contributed by atoms with E-state index in [9.17, 15) is 9.18 Å². The molecule has 2 aromatic heterocycles. The van der Waals surface area contributed by atoms with Crippen LogP contribution in [0.25, 0.3) is 5.69 Å². The number of halogens is 1. The largest absolute Gasteiger partial charge is 0.352 e. The molecular weight excluding hydrogens is 473 g/mol. The lowest BCUT2D eigenvalue weighted by Crippen LogP contribution is -2.33. The Kier molecular flexibility index (Phi) is 6.77. The van der Waals surface area contributed by atoms with Gasteiger partial charge in [-0.05, 0) is 73.2 Å². The highest BCUT2D eigenvalue weighted by Crippen LogP contribution is 2.39. The monoisotopic (exact) mass is 499 g/mol. The quantitative estimate of drug-likeness (QED) is 0.337. The predicted molar refractivity (Wildman–Crippen MR) is 142 cm³/mol. The number of rotatable bonds is 7. The van der Waals surface area contributed by atoms with Crippen molar-refractivity contribution in [3.63, 3.8) is 0 Å². The molecular formula is C28H26FN5OS. The first-order chi connectivity index (χ1) is 17.5. The van der Waals surface area contributed by atoms with Crippen LogP contribution in [0.5, 0.6) is 0 Å². The van der Waals surface area contributed by atoms with Crippen molar-refractivity contribution in [2.75, 3.05) is 11.9 Å². The second kappa shape index (κ2) is 10.3. The van der Waals surface area contributed by atoms with Crippen molar-refractivity contribution in [3.05, 3.63) is 114 Å². The van der Waals surface area contributed by atoms with Gasteiger partial charge in [-0.25, -0.2) is 4.39 Å². The summed E-state index contributed by atoms with van der Waals surface area (Å²) in [7, 11) is 0. The molecule has 2 atom stereocenters. The highest BCUT2D eigenvalue weighted by Gasteiger charge is 2.41. The summed E-state index contributed by atoms with van der Waals surface area (Å²) in [6.45, 7) is 2.37. The van der Waals surface area contributed by atoms with Crippen molar-refractivity contribution in [2.45, 2.75) is 25.4 Å². The number of aryl methyl sites for hydroxylation is 1. The maximum Gasteiger partial charge on any atom is 0.226 e. The van der Waals surface area contributed by atoms with E-state index < -0.39 is 0 Å². The number of carbonyl (C=O) groups excluding carboxylic acids is 1. The molecule has 3 heterocycles. The molecule has 2 aromatic carbocycles. The summed E-state index contributed by atoms with van der Waals surface area (Å²) in [6, 6.07) is 23.4. The Morgan fingerprint density at radius 3 is 2.69 bits per heavy atom. The fourth-order valence-electron chi connectivity index (χ4n) is 4.61. The normalized spacial score (nSPS) is 17.2. The van der Waals surface area contributed by atoms with E-state index in [1.54, 1.807) is 12.3 Å². The van der Waals surface area contributed by atoms with Crippen LogP contribution in [0.4, 0.5) is 10.1 Å². The lowest BCUT2D eigenvalue weighted by Gasteiger charge is -2.29. The van der Waals surface area contributed by atoms with Crippen LogP contribution in [0.3, 0.4) is 0 Å². The molecule has 1 fully saturated rings. The Balaban J connectivity index is 1.45. The van der Waals surface area contributed by atoms with Gasteiger partial charge >= 0.3 is 0 Å². The molecule has 0 radical (unpaired) electrons. The third kappa shape index (κ3) is 4.85. The molecule has 0 bridgehead atoms. The number of thiocarbonyl (C=S) groups is 1.